The second-order valence-electron chi connectivity index (χ2n) is 5.01. The smallest absolute Gasteiger partial charge is 0.159 e. The molecule has 0 aromatic heterocycles. The molecule has 1 saturated heterocycles. The molecule has 0 radical (unpaired) electrons. The highest BCUT2D eigenvalue weighted by atomic mass is 19.2. The van der Waals surface area contributed by atoms with Crippen LogP contribution in [-0.2, 0) is 6.54 Å². The van der Waals surface area contributed by atoms with Crippen LogP contribution in [0.25, 0.3) is 0 Å². The van der Waals surface area contributed by atoms with Gasteiger partial charge in [-0.25, -0.2) is 8.78 Å². The van der Waals surface area contributed by atoms with E-state index in [1.165, 1.54) is 12.1 Å². The molecule has 0 spiro atoms. The molecule has 1 aromatic carbocycles. The average molecular weight is 240 g/mol. The van der Waals surface area contributed by atoms with Gasteiger partial charge >= 0.3 is 0 Å². The van der Waals surface area contributed by atoms with Crippen molar-refractivity contribution in [2.45, 2.75) is 31.8 Å². The topological polar surface area (TPSA) is 29.3 Å². The summed E-state index contributed by atoms with van der Waals surface area (Å²) in [4.78, 5) is 2.16. The predicted octanol–water partition coefficient (Wildman–Crippen LogP) is 2.28. The zero-order valence-electron chi connectivity index (χ0n) is 10.0. The predicted molar refractivity (Wildman–Crippen MR) is 63.5 cm³/mol. The van der Waals surface area contributed by atoms with Crippen LogP contribution in [0.4, 0.5) is 8.78 Å². The lowest BCUT2D eigenvalue weighted by Gasteiger charge is -2.48. The average Bonchev–Trinajstić information content (AvgIpc) is 2.22. The molecule has 94 valence electrons. The maximum absolute atomic E-state index is 13.0. The zero-order chi connectivity index (χ0) is 12.5. The van der Waals surface area contributed by atoms with Gasteiger partial charge in [-0.3, -0.25) is 4.90 Å². The van der Waals surface area contributed by atoms with Crippen LogP contribution in [0.3, 0.4) is 0 Å². The van der Waals surface area contributed by atoms with E-state index in [-0.39, 0.29) is 5.54 Å². The van der Waals surface area contributed by atoms with Gasteiger partial charge in [0.1, 0.15) is 0 Å². The van der Waals surface area contributed by atoms with E-state index >= 15 is 0 Å². The molecule has 4 heteroatoms. The molecular weight excluding hydrogens is 222 g/mol. The number of halogens is 2. The number of nitrogens with zero attached hydrogens (tertiary/aromatic N) is 1. The molecule has 0 unspecified atom stereocenters. The zero-order valence-corrected chi connectivity index (χ0v) is 10.0. The lowest BCUT2D eigenvalue weighted by atomic mass is 9.86. The quantitative estimate of drug-likeness (QED) is 0.874. The highest BCUT2D eigenvalue weighted by molar-refractivity contribution is 5.18. The minimum absolute atomic E-state index is 0.0761. The molecule has 1 aliphatic rings. The first-order valence-electron chi connectivity index (χ1n) is 5.97. The SMILES string of the molecule is CCCC1(N)CN(Cc2ccc(F)c(F)c2)C1. The second-order valence-corrected chi connectivity index (χ2v) is 5.01. The molecular formula is C13H18F2N2. The van der Waals surface area contributed by atoms with Gasteiger partial charge in [-0.05, 0) is 24.1 Å². The normalized spacial score (nSPS) is 19.1. The van der Waals surface area contributed by atoms with Gasteiger partial charge in [0.25, 0.3) is 0 Å². The fourth-order valence-electron chi connectivity index (χ4n) is 2.51. The van der Waals surface area contributed by atoms with Gasteiger partial charge in [0.05, 0.1) is 0 Å². The van der Waals surface area contributed by atoms with Crippen LogP contribution < -0.4 is 5.73 Å². The van der Waals surface area contributed by atoms with Crippen LogP contribution in [0, 0.1) is 11.6 Å². The summed E-state index contributed by atoms with van der Waals surface area (Å²) in [6.07, 6.45) is 2.09. The Morgan fingerprint density at radius 2 is 2.00 bits per heavy atom. The molecule has 1 heterocycles. The molecule has 0 saturated carbocycles. The number of benzene rings is 1. The summed E-state index contributed by atoms with van der Waals surface area (Å²) < 4.78 is 25.8. The lowest BCUT2D eigenvalue weighted by molar-refractivity contribution is 0.0566. The lowest BCUT2D eigenvalue weighted by Crippen LogP contribution is -2.66. The molecule has 1 aromatic rings. The van der Waals surface area contributed by atoms with Gasteiger partial charge in [0, 0.05) is 25.2 Å². The van der Waals surface area contributed by atoms with Crippen molar-refractivity contribution in [1.82, 2.24) is 4.90 Å². The van der Waals surface area contributed by atoms with Crippen molar-refractivity contribution in [1.29, 1.82) is 0 Å². The molecule has 1 aliphatic heterocycles. The van der Waals surface area contributed by atoms with Crippen LogP contribution in [0.2, 0.25) is 0 Å². The van der Waals surface area contributed by atoms with Crippen molar-refractivity contribution in [3.8, 4) is 0 Å². The minimum atomic E-state index is -0.795. The van der Waals surface area contributed by atoms with Crippen molar-refractivity contribution in [2.24, 2.45) is 5.73 Å². The Labute approximate surface area is 100 Å². The molecule has 0 aliphatic carbocycles. The highest BCUT2D eigenvalue weighted by Crippen LogP contribution is 2.25. The van der Waals surface area contributed by atoms with Crippen molar-refractivity contribution in [3.63, 3.8) is 0 Å². The molecule has 17 heavy (non-hydrogen) atoms. The maximum atomic E-state index is 13.0. The van der Waals surface area contributed by atoms with E-state index in [1.807, 2.05) is 0 Å². The molecule has 2 nitrogen and oxygen atoms in total. The Morgan fingerprint density at radius 1 is 1.29 bits per heavy atom. The van der Waals surface area contributed by atoms with E-state index < -0.39 is 11.6 Å². The van der Waals surface area contributed by atoms with Gasteiger partial charge in [-0.1, -0.05) is 19.4 Å². The van der Waals surface area contributed by atoms with Crippen LogP contribution in [0.15, 0.2) is 18.2 Å². The van der Waals surface area contributed by atoms with Crippen LogP contribution in [0.1, 0.15) is 25.3 Å². The van der Waals surface area contributed by atoms with E-state index in [1.54, 1.807) is 6.07 Å². The first kappa shape index (κ1) is 12.5. The Bertz CT molecular complexity index is 400. The molecule has 1 fully saturated rings. The summed E-state index contributed by atoms with van der Waals surface area (Å²) in [7, 11) is 0. The summed E-state index contributed by atoms with van der Waals surface area (Å²) in [5.74, 6) is -1.58. The molecule has 0 bridgehead atoms. The maximum Gasteiger partial charge on any atom is 0.159 e. The van der Waals surface area contributed by atoms with Crippen LogP contribution in [-0.4, -0.2) is 23.5 Å². The number of hydrogen-bond acceptors (Lipinski definition) is 2. The number of likely N-dealkylation sites (tertiary alicyclic amines) is 1. The van der Waals surface area contributed by atoms with Gasteiger partial charge < -0.3 is 5.73 Å². The van der Waals surface area contributed by atoms with Crippen molar-refractivity contribution < 1.29 is 8.78 Å². The van der Waals surface area contributed by atoms with E-state index in [0.29, 0.717) is 6.54 Å². The Morgan fingerprint density at radius 3 is 2.59 bits per heavy atom. The third kappa shape index (κ3) is 2.82. The molecule has 0 atom stereocenters. The number of rotatable bonds is 4. The molecule has 2 N–H and O–H groups in total. The third-order valence-electron chi connectivity index (χ3n) is 3.22. The van der Waals surface area contributed by atoms with Crippen molar-refractivity contribution in [3.05, 3.63) is 35.4 Å². The summed E-state index contributed by atoms with van der Waals surface area (Å²) in [5, 5.41) is 0. The monoisotopic (exact) mass is 240 g/mol. The summed E-state index contributed by atoms with van der Waals surface area (Å²) in [6.45, 7) is 4.42. The first-order valence-corrected chi connectivity index (χ1v) is 5.97. The number of hydrogen-bond donors (Lipinski definition) is 1. The number of nitrogens with two attached hydrogens (primary N) is 1. The minimum Gasteiger partial charge on any atom is -0.323 e. The van der Waals surface area contributed by atoms with E-state index in [9.17, 15) is 8.78 Å². The van der Waals surface area contributed by atoms with Crippen molar-refractivity contribution in [2.75, 3.05) is 13.1 Å². The molecule has 2 rings (SSSR count). The van der Waals surface area contributed by atoms with Gasteiger partial charge in [-0.2, -0.15) is 0 Å². The van der Waals surface area contributed by atoms with Gasteiger partial charge in [-0.15, -0.1) is 0 Å². The van der Waals surface area contributed by atoms with E-state index in [4.69, 9.17) is 5.73 Å². The third-order valence-corrected chi connectivity index (χ3v) is 3.22. The summed E-state index contributed by atoms with van der Waals surface area (Å²) in [5.41, 5.74) is 6.85. The Hall–Kier alpha value is -1.00. The fraction of sp³-hybridized carbons (Fsp3) is 0.538. The summed E-state index contributed by atoms with van der Waals surface area (Å²) in [6, 6.07) is 4.05. The highest BCUT2D eigenvalue weighted by Gasteiger charge is 2.38. The van der Waals surface area contributed by atoms with E-state index in [2.05, 4.69) is 11.8 Å². The van der Waals surface area contributed by atoms with Gasteiger partial charge in [0.15, 0.2) is 11.6 Å². The van der Waals surface area contributed by atoms with E-state index in [0.717, 1.165) is 31.5 Å². The van der Waals surface area contributed by atoms with Crippen LogP contribution >= 0.6 is 0 Å². The Kier molecular flexibility index (Phi) is 3.45. The summed E-state index contributed by atoms with van der Waals surface area (Å²) >= 11 is 0. The Balaban J connectivity index is 1.89. The largest absolute Gasteiger partial charge is 0.323 e. The second kappa shape index (κ2) is 4.70. The van der Waals surface area contributed by atoms with Gasteiger partial charge in [0.2, 0.25) is 0 Å². The van der Waals surface area contributed by atoms with Crippen molar-refractivity contribution >= 4 is 0 Å². The first-order chi connectivity index (χ1) is 8.02. The fourth-order valence-corrected chi connectivity index (χ4v) is 2.51. The standard InChI is InChI=1S/C13H18F2N2/c1-2-5-13(16)8-17(9-13)7-10-3-4-11(14)12(15)6-10/h3-4,6H,2,5,7-9,16H2,1H3. The van der Waals surface area contributed by atoms with Crippen LogP contribution in [0.5, 0.6) is 0 Å². The molecule has 0 amide bonds.